The first kappa shape index (κ1) is 15.3. The van der Waals surface area contributed by atoms with Crippen LogP contribution in [0.15, 0.2) is 28.8 Å². The topological polar surface area (TPSA) is 74.2 Å². The predicted octanol–water partition coefficient (Wildman–Crippen LogP) is 2.41. The van der Waals surface area contributed by atoms with Gasteiger partial charge in [0.05, 0.1) is 7.11 Å². The Labute approximate surface area is 118 Å². The summed E-state index contributed by atoms with van der Waals surface area (Å²) in [4.78, 5) is 3.74. The fourth-order valence-electron chi connectivity index (χ4n) is 1.62. The molecule has 0 aliphatic heterocycles. The van der Waals surface area contributed by atoms with Gasteiger partial charge in [-0.1, -0.05) is 17.3 Å². The van der Waals surface area contributed by atoms with Crippen LogP contribution >= 0.6 is 0 Å². The van der Waals surface area contributed by atoms with E-state index in [9.17, 15) is 13.2 Å². The van der Waals surface area contributed by atoms with Crippen LogP contribution in [0, 0.1) is 0 Å². The van der Waals surface area contributed by atoms with Gasteiger partial charge in [-0.25, -0.2) is 0 Å². The van der Waals surface area contributed by atoms with Gasteiger partial charge in [0.2, 0.25) is 0 Å². The van der Waals surface area contributed by atoms with Gasteiger partial charge in [0.15, 0.2) is 11.4 Å². The number of hydrogen-bond donors (Lipinski definition) is 1. The smallest absolute Gasteiger partial charge is 0.415 e. The van der Waals surface area contributed by atoms with E-state index in [-0.39, 0.29) is 12.2 Å². The monoisotopic (exact) mass is 301 g/mol. The number of nitrogens with zero attached hydrogens (tertiary/aromatic N) is 2. The highest BCUT2D eigenvalue weighted by Crippen LogP contribution is 2.35. The number of methoxy groups -OCH3 is 1. The fourth-order valence-corrected chi connectivity index (χ4v) is 1.62. The van der Waals surface area contributed by atoms with Gasteiger partial charge in [-0.05, 0) is 24.6 Å². The summed E-state index contributed by atoms with van der Waals surface area (Å²) < 4.78 is 48.1. The van der Waals surface area contributed by atoms with E-state index in [0.717, 1.165) is 12.5 Å². The normalized spacial score (nSPS) is 14.8. The molecular weight excluding hydrogens is 287 g/mol. The molecule has 5 nitrogen and oxygen atoms in total. The van der Waals surface area contributed by atoms with E-state index < -0.39 is 17.6 Å². The third-order valence-corrected chi connectivity index (χ3v) is 3.00. The molecule has 0 saturated heterocycles. The zero-order chi connectivity index (χ0) is 15.7. The molecular formula is C13H14F3N3O2. The first-order chi connectivity index (χ1) is 9.74. The summed E-state index contributed by atoms with van der Waals surface area (Å²) in [6.07, 6.45) is -4.46. The van der Waals surface area contributed by atoms with E-state index in [1.54, 1.807) is 24.3 Å². The Morgan fingerprint density at radius 2 is 2.05 bits per heavy atom. The minimum Gasteiger partial charge on any atom is -0.497 e. The SMILES string of the molecule is COc1cccc(Cc2noc(C(C)(N)C(F)(F)F)n2)c1. The van der Waals surface area contributed by atoms with Gasteiger partial charge in [0.25, 0.3) is 5.89 Å². The van der Waals surface area contributed by atoms with Crippen molar-refractivity contribution in [3.05, 3.63) is 41.5 Å². The third kappa shape index (κ3) is 3.15. The Hall–Kier alpha value is -2.09. The van der Waals surface area contributed by atoms with Crippen LogP contribution in [0.1, 0.15) is 24.2 Å². The van der Waals surface area contributed by atoms with Gasteiger partial charge >= 0.3 is 6.18 Å². The summed E-state index contributed by atoms with van der Waals surface area (Å²) >= 11 is 0. The van der Waals surface area contributed by atoms with Crippen LogP contribution in [-0.2, 0) is 12.0 Å². The number of halogens is 3. The molecule has 1 unspecified atom stereocenters. The van der Waals surface area contributed by atoms with Crippen molar-refractivity contribution in [2.75, 3.05) is 7.11 Å². The van der Waals surface area contributed by atoms with Gasteiger partial charge in [-0.3, -0.25) is 0 Å². The lowest BCUT2D eigenvalue weighted by Gasteiger charge is -2.22. The maximum Gasteiger partial charge on any atom is 0.415 e. The number of alkyl halides is 3. The number of nitrogens with two attached hydrogens (primary N) is 1. The Balaban J connectivity index is 2.20. The van der Waals surface area contributed by atoms with Crippen LogP contribution < -0.4 is 10.5 Å². The molecule has 0 bridgehead atoms. The lowest BCUT2D eigenvalue weighted by Crippen LogP contribution is -2.48. The summed E-state index contributed by atoms with van der Waals surface area (Å²) in [5.74, 6) is 0.0993. The molecule has 8 heteroatoms. The van der Waals surface area contributed by atoms with E-state index in [1.807, 2.05) is 0 Å². The molecule has 0 aliphatic carbocycles. The molecule has 0 fully saturated rings. The van der Waals surface area contributed by atoms with Crippen LogP contribution in [0.2, 0.25) is 0 Å². The fraction of sp³-hybridized carbons (Fsp3) is 0.385. The average molecular weight is 301 g/mol. The molecule has 0 saturated carbocycles. The van der Waals surface area contributed by atoms with Crippen LogP contribution in [0.3, 0.4) is 0 Å². The number of benzene rings is 1. The number of aromatic nitrogens is 2. The first-order valence-electron chi connectivity index (χ1n) is 6.05. The Bertz CT molecular complexity index is 623. The van der Waals surface area contributed by atoms with Crippen molar-refractivity contribution in [1.82, 2.24) is 10.1 Å². The van der Waals surface area contributed by atoms with Crippen molar-refractivity contribution >= 4 is 0 Å². The van der Waals surface area contributed by atoms with Crippen molar-refractivity contribution in [1.29, 1.82) is 0 Å². The summed E-state index contributed by atoms with van der Waals surface area (Å²) in [6.45, 7) is 0.788. The molecule has 1 heterocycles. The maximum atomic E-state index is 12.8. The molecule has 0 amide bonds. The summed E-state index contributed by atoms with van der Waals surface area (Å²) in [6, 6.07) is 7.04. The van der Waals surface area contributed by atoms with Gasteiger partial charge in [0.1, 0.15) is 5.75 Å². The zero-order valence-electron chi connectivity index (χ0n) is 11.4. The van der Waals surface area contributed by atoms with Crippen molar-refractivity contribution in [2.45, 2.75) is 25.1 Å². The lowest BCUT2D eigenvalue weighted by atomic mass is 10.0. The average Bonchev–Trinajstić information content (AvgIpc) is 2.86. The molecule has 114 valence electrons. The van der Waals surface area contributed by atoms with E-state index in [4.69, 9.17) is 10.5 Å². The second-order valence-electron chi connectivity index (χ2n) is 4.74. The van der Waals surface area contributed by atoms with E-state index in [0.29, 0.717) is 5.75 Å². The van der Waals surface area contributed by atoms with Crippen LogP contribution in [0.4, 0.5) is 13.2 Å². The molecule has 2 aromatic rings. The van der Waals surface area contributed by atoms with E-state index >= 15 is 0 Å². The molecule has 0 aliphatic rings. The molecule has 1 aromatic heterocycles. The third-order valence-electron chi connectivity index (χ3n) is 3.00. The van der Waals surface area contributed by atoms with Crippen LogP contribution in [-0.4, -0.2) is 23.4 Å². The molecule has 0 spiro atoms. The quantitative estimate of drug-likeness (QED) is 0.938. The van der Waals surface area contributed by atoms with Gasteiger partial charge in [0, 0.05) is 6.42 Å². The summed E-state index contributed by atoms with van der Waals surface area (Å²) in [7, 11) is 1.52. The number of rotatable bonds is 4. The largest absolute Gasteiger partial charge is 0.497 e. The van der Waals surface area contributed by atoms with Gasteiger partial charge < -0.3 is 15.0 Å². The van der Waals surface area contributed by atoms with E-state index in [1.165, 1.54) is 7.11 Å². The van der Waals surface area contributed by atoms with Crippen molar-refractivity contribution in [2.24, 2.45) is 5.73 Å². The van der Waals surface area contributed by atoms with E-state index in [2.05, 4.69) is 14.7 Å². The molecule has 1 atom stereocenters. The first-order valence-corrected chi connectivity index (χ1v) is 6.05. The molecule has 2 N–H and O–H groups in total. The minimum absolute atomic E-state index is 0.124. The highest BCUT2D eigenvalue weighted by Gasteiger charge is 2.53. The van der Waals surface area contributed by atoms with Crippen molar-refractivity contribution in [3.8, 4) is 5.75 Å². The minimum atomic E-state index is -4.67. The molecule has 2 rings (SSSR count). The summed E-state index contributed by atoms with van der Waals surface area (Å²) in [5, 5.41) is 3.54. The van der Waals surface area contributed by atoms with Gasteiger partial charge in [-0.2, -0.15) is 18.2 Å². The second-order valence-corrected chi connectivity index (χ2v) is 4.74. The Kier molecular flexibility index (Phi) is 3.91. The molecule has 1 aromatic carbocycles. The van der Waals surface area contributed by atoms with Crippen molar-refractivity contribution < 1.29 is 22.4 Å². The van der Waals surface area contributed by atoms with Crippen LogP contribution in [0.25, 0.3) is 0 Å². The molecule has 0 radical (unpaired) electrons. The Morgan fingerprint density at radius 3 is 2.67 bits per heavy atom. The zero-order valence-corrected chi connectivity index (χ0v) is 11.4. The maximum absolute atomic E-state index is 12.8. The predicted molar refractivity (Wildman–Crippen MR) is 67.7 cm³/mol. The summed E-state index contributed by atoms with van der Waals surface area (Å²) in [5.41, 5.74) is 3.34. The highest BCUT2D eigenvalue weighted by atomic mass is 19.4. The Morgan fingerprint density at radius 1 is 1.33 bits per heavy atom. The number of hydrogen-bond acceptors (Lipinski definition) is 5. The number of ether oxygens (including phenoxy) is 1. The van der Waals surface area contributed by atoms with Crippen LogP contribution in [0.5, 0.6) is 5.75 Å². The highest BCUT2D eigenvalue weighted by molar-refractivity contribution is 5.30. The second kappa shape index (κ2) is 5.36. The van der Waals surface area contributed by atoms with Crippen molar-refractivity contribution in [3.63, 3.8) is 0 Å². The lowest BCUT2D eigenvalue weighted by molar-refractivity contribution is -0.190. The standard InChI is InChI=1S/C13H14F3N3O2/c1-12(17,13(14,15)16)11-18-10(19-21-11)7-8-4-3-5-9(6-8)20-2/h3-6H,7,17H2,1-2H3. The van der Waals surface area contributed by atoms with Gasteiger partial charge in [-0.15, -0.1) is 0 Å². The molecule has 21 heavy (non-hydrogen) atoms.